The summed E-state index contributed by atoms with van der Waals surface area (Å²) in [4.78, 5) is 19.2. The van der Waals surface area contributed by atoms with Gasteiger partial charge in [-0.1, -0.05) is 12.1 Å². The van der Waals surface area contributed by atoms with Gasteiger partial charge in [0.25, 0.3) is 0 Å². The SMILES string of the molecule is Cc1cccc2[nH]c(CCC(=O)NCCN)nc12.Cl.Cl. The number of aromatic nitrogens is 2. The van der Waals surface area contributed by atoms with E-state index >= 15 is 0 Å². The van der Waals surface area contributed by atoms with Crippen molar-refractivity contribution in [1.29, 1.82) is 0 Å². The molecule has 0 saturated carbocycles. The van der Waals surface area contributed by atoms with Crippen LogP contribution in [0.25, 0.3) is 11.0 Å². The molecule has 1 aromatic heterocycles. The number of fused-ring (bicyclic) bond motifs is 1. The molecular formula is C13H20Cl2N4O. The van der Waals surface area contributed by atoms with Gasteiger partial charge < -0.3 is 16.0 Å². The topological polar surface area (TPSA) is 83.8 Å². The predicted molar refractivity (Wildman–Crippen MR) is 85.7 cm³/mol. The highest BCUT2D eigenvalue weighted by Gasteiger charge is 2.07. The maximum atomic E-state index is 11.4. The van der Waals surface area contributed by atoms with Crippen LogP contribution in [0, 0.1) is 6.92 Å². The van der Waals surface area contributed by atoms with Crippen molar-refractivity contribution in [2.75, 3.05) is 13.1 Å². The summed E-state index contributed by atoms with van der Waals surface area (Å²) in [6, 6.07) is 6.02. The van der Waals surface area contributed by atoms with E-state index in [1.54, 1.807) is 0 Å². The normalized spacial score (nSPS) is 9.70. The smallest absolute Gasteiger partial charge is 0.220 e. The van der Waals surface area contributed by atoms with Gasteiger partial charge in [-0.25, -0.2) is 4.98 Å². The molecule has 0 aliphatic carbocycles. The van der Waals surface area contributed by atoms with Gasteiger partial charge in [-0.3, -0.25) is 4.79 Å². The molecule has 5 nitrogen and oxygen atoms in total. The second-order valence-electron chi connectivity index (χ2n) is 4.29. The van der Waals surface area contributed by atoms with Crippen LogP contribution in [0.2, 0.25) is 0 Å². The molecule has 20 heavy (non-hydrogen) atoms. The van der Waals surface area contributed by atoms with Crippen molar-refractivity contribution in [2.45, 2.75) is 19.8 Å². The van der Waals surface area contributed by atoms with E-state index in [-0.39, 0.29) is 30.7 Å². The van der Waals surface area contributed by atoms with E-state index in [0.29, 0.717) is 25.9 Å². The van der Waals surface area contributed by atoms with Gasteiger partial charge in [-0.05, 0) is 18.6 Å². The number of nitrogens with one attached hydrogen (secondary N) is 2. The molecule has 7 heteroatoms. The summed E-state index contributed by atoms with van der Waals surface area (Å²) in [6.45, 7) is 3.02. The van der Waals surface area contributed by atoms with E-state index in [0.717, 1.165) is 22.4 Å². The number of hydrogen-bond donors (Lipinski definition) is 3. The minimum atomic E-state index is 0. The molecule has 4 N–H and O–H groups in total. The highest BCUT2D eigenvalue weighted by atomic mass is 35.5. The zero-order valence-electron chi connectivity index (χ0n) is 11.3. The number of amides is 1. The fraction of sp³-hybridized carbons (Fsp3) is 0.385. The number of H-pyrrole nitrogens is 1. The van der Waals surface area contributed by atoms with Crippen molar-refractivity contribution in [1.82, 2.24) is 15.3 Å². The third kappa shape index (κ3) is 4.67. The van der Waals surface area contributed by atoms with Gasteiger partial charge in [-0.15, -0.1) is 24.8 Å². The number of aryl methyl sites for hydroxylation is 2. The average molecular weight is 319 g/mol. The van der Waals surface area contributed by atoms with Crippen LogP contribution in [-0.2, 0) is 11.2 Å². The number of carbonyl (C=O) groups is 1. The lowest BCUT2D eigenvalue weighted by Crippen LogP contribution is -2.29. The fourth-order valence-electron chi connectivity index (χ4n) is 1.88. The lowest BCUT2D eigenvalue weighted by Gasteiger charge is -2.01. The van der Waals surface area contributed by atoms with Crippen LogP contribution >= 0.6 is 24.8 Å². The van der Waals surface area contributed by atoms with Crippen LogP contribution in [0.4, 0.5) is 0 Å². The second-order valence-corrected chi connectivity index (χ2v) is 4.29. The maximum Gasteiger partial charge on any atom is 0.220 e. The monoisotopic (exact) mass is 318 g/mol. The zero-order valence-corrected chi connectivity index (χ0v) is 12.9. The minimum absolute atomic E-state index is 0. The lowest BCUT2D eigenvalue weighted by atomic mass is 10.2. The molecule has 0 unspecified atom stereocenters. The van der Waals surface area contributed by atoms with Crippen LogP contribution < -0.4 is 11.1 Å². The number of carbonyl (C=O) groups excluding carboxylic acids is 1. The first kappa shape index (κ1) is 18.7. The Bertz CT molecular complexity index is 556. The van der Waals surface area contributed by atoms with Gasteiger partial charge in [0.1, 0.15) is 5.82 Å². The fourth-order valence-corrected chi connectivity index (χ4v) is 1.88. The Morgan fingerprint density at radius 1 is 1.40 bits per heavy atom. The summed E-state index contributed by atoms with van der Waals surface area (Å²) in [5.74, 6) is 0.861. The number of para-hydroxylation sites is 1. The van der Waals surface area contributed by atoms with Gasteiger partial charge in [-0.2, -0.15) is 0 Å². The molecule has 0 bridgehead atoms. The lowest BCUT2D eigenvalue weighted by molar-refractivity contribution is -0.121. The summed E-state index contributed by atoms with van der Waals surface area (Å²) in [6.07, 6.45) is 1.05. The van der Waals surface area contributed by atoms with Gasteiger partial charge in [0, 0.05) is 25.9 Å². The highest BCUT2D eigenvalue weighted by Crippen LogP contribution is 2.15. The van der Waals surface area contributed by atoms with Crippen molar-refractivity contribution in [3.63, 3.8) is 0 Å². The van der Waals surface area contributed by atoms with E-state index in [1.165, 1.54) is 0 Å². The summed E-state index contributed by atoms with van der Waals surface area (Å²) in [5.41, 5.74) is 8.46. The minimum Gasteiger partial charge on any atom is -0.355 e. The third-order valence-corrected chi connectivity index (χ3v) is 2.82. The molecule has 1 amide bonds. The number of imidazole rings is 1. The molecule has 2 rings (SSSR count). The molecule has 0 fully saturated rings. The van der Waals surface area contributed by atoms with Crippen molar-refractivity contribution in [2.24, 2.45) is 5.73 Å². The Kier molecular flexibility index (Phi) is 8.22. The van der Waals surface area contributed by atoms with Crippen LogP contribution in [-0.4, -0.2) is 29.0 Å². The van der Waals surface area contributed by atoms with Crippen molar-refractivity contribution < 1.29 is 4.79 Å². The van der Waals surface area contributed by atoms with E-state index in [2.05, 4.69) is 15.3 Å². The number of nitrogens with zero attached hydrogens (tertiary/aromatic N) is 1. The maximum absolute atomic E-state index is 11.4. The van der Waals surface area contributed by atoms with Crippen LogP contribution in [0.15, 0.2) is 18.2 Å². The van der Waals surface area contributed by atoms with Gasteiger partial charge >= 0.3 is 0 Å². The molecule has 2 aromatic rings. The summed E-state index contributed by atoms with van der Waals surface area (Å²) < 4.78 is 0. The van der Waals surface area contributed by atoms with E-state index in [9.17, 15) is 4.79 Å². The van der Waals surface area contributed by atoms with Crippen LogP contribution in [0.3, 0.4) is 0 Å². The summed E-state index contributed by atoms with van der Waals surface area (Å²) >= 11 is 0. The van der Waals surface area contributed by atoms with Crippen molar-refractivity contribution >= 4 is 41.8 Å². The number of benzene rings is 1. The number of aromatic amines is 1. The Morgan fingerprint density at radius 2 is 2.15 bits per heavy atom. The molecule has 0 radical (unpaired) electrons. The number of hydrogen-bond acceptors (Lipinski definition) is 3. The molecule has 0 aliphatic heterocycles. The molecule has 112 valence electrons. The first-order valence-electron chi connectivity index (χ1n) is 6.11. The van der Waals surface area contributed by atoms with E-state index < -0.39 is 0 Å². The highest BCUT2D eigenvalue weighted by molar-refractivity contribution is 5.85. The predicted octanol–water partition coefficient (Wildman–Crippen LogP) is 1.72. The molecular weight excluding hydrogens is 299 g/mol. The number of nitrogens with two attached hydrogens (primary N) is 1. The van der Waals surface area contributed by atoms with Gasteiger partial charge in [0.15, 0.2) is 0 Å². The van der Waals surface area contributed by atoms with E-state index in [1.807, 2.05) is 25.1 Å². The first-order chi connectivity index (χ1) is 8.70. The van der Waals surface area contributed by atoms with E-state index in [4.69, 9.17) is 5.73 Å². The Labute approximate surface area is 130 Å². The second kappa shape index (κ2) is 8.79. The van der Waals surface area contributed by atoms with Crippen LogP contribution in [0.5, 0.6) is 0 Å². The Balaban J connectivity index is 0.00000180. The van der Waals surface area contributed by atoms with Gasteiger partial charge in [0.2, 0.25) is 5.91 Å². The molecule has 1 heterocycles. The number of rotatable bonds is 5. The largest absolute Gasteiger partial charge is 0.355 e. The molecule has 1 aromatic carbocycles. The van der Waals surface area contributed by atoms with Crippen LogP contribution in [0.1, 0.15) is 17.8 Å². The van der Waals surface area contributed by atoms with Crippen molar-refractivity contribution in [3.8, 4) is 0 Å². The van der Waals surface area contributed by atoms with Gasteiger partial charge in [0.05, 0.1) is 11.0 Å². The summed E-state index contributed by atoms with van der Waals surface area (Å²) in [5, 5.41) is 2.74. The van der Waals surface area contributed by atoms with Crippen molar-refractivity contribution in [3.05, 3.63) is 29.6 Å². The Hall–Kier alpha value is -1.30. The summed E-state index contributed by atoms with van der Waals surface area (Å²) in [7, 11) is 0. The molecule has 0 atom stereocenters. The molecule has 0 spiro atoms. The number of halogens is 2. The molecule has 0 saturated heterocycles. The molecule has 0 aliphatic rings. The third-order valence-electron chi connectivity index (χ3n) is 2.82. The average Bonchev–Trinajstić information content (AvgIpc) is 2.78. The zero-order chi connectivity index (χ0) is 13.0. The Morgan fingerprint density at radius 3 is 2.80 bits per heavy atom. The quantitative estimate of drug-likeness (QED) is 0.784. The standard InChI is InChI=1S/C13H18N4O.2ClH/c1-9-3-2-4-10-13(9)17-11(16-10)5-6-12(18)15-8-7-14;;/h2-4H,5-8,14H2,1H3,(H,15,18)(H,16,17);2*1H. The first-order valence-corrected chi connectivity index (χ1v) is 6.11.